The van der Waals surface area contributed by atoms with Crippen LogP contribution in [0.1, 0.15) is 40.0 Å². The zero-order valence-corrected chi connectivity index (χ0v) is 9.09. The summed E-state index contributed by atoms with van der Waals surface area (Å²) in [5.41, 5.74) is -0.185. The van der Waals surface area contributed by atoms with Gasteiger partial charge < -0.3 is 4.74 Å². The van der Waals surface area contributed by atoms with Crippen LogP contribution in [0.25, 0.3) is 0 Å². The van der Waals surface area contributed by atoms with E-state index in [-0.39, 0.29) is 11.4 Å². The standard InChI is InChI=1S/C11H20O2/c1-5-6-7-10(12)8-9-11(2,3)13-4/h6-7H,5,8-9H2,1-4H3/b7-6+. The number of allylic oxidation sites excluding steroid dienone is 2. The van der Waals surface area contributed by atoms with Crippen LogP contribution in [0.4, 0.5) is 0 Å². The smallest absolute Gasteiger partial charge is 0.155 e. The van der Waals surface area contributed by atoms with Gasteiger partial charge in [-0.05, 0) is 32.8 Å². The maximum absolute atomic E-state index is 11.2. The quantitative estimate of drug-likeness (QED) is 0.593. The number of carbonyl (C=O) groups is 1. The third-order valence-corrected chi connectivity index (χ3v) is 2.07. The van der Waals surface area contributed by atoms with Crippen molar-refractivity contribution in [1.29, 1.82) is 0 Å². The molecule has 0 aliphatic heterocycles. The first-order valence-corrected chi connectivity index (χ1v) is 4.76. The van der Waals surface area contributed by atoms with Crippen molar-refractivity contribution in [3.63, 3.8) is 0 Å². The summed E-state index contributed by atoms with van der Waals surface area (Å²) in [6.07, 6.45) is 5.81. The Morgan fingerprint density at radius 2 is 2.08 bits per heavy atom. The lowest BCUT2D eigenvalue weighted by Gasteiger charge is -2.21. The van der Waals surface area contributed by atoms with Gasteiger partial charge in [-0.1, -0.05) is 13.0 Å². The average Bonchev–Trinajstić information content (AvgIpc) is 2.11. The summed E-state index contributed by atoms with van der Waals surface area (Å²) in [4.78, 5) is 11.2. The molecule has 0 aliphatic rings. The highest BCUT2D eigenvalue weighted by Crippen LogP contribution is 2.15. The Labute approximate surface area is 81.0 Å². The maximum atomic E-state index is 11.2. The average molecular weight is 184 g/mol. The molecule has 2 nitrogen and oxygen atoms in total. The van der Waals surface area contributed by atoms with E-state index in [1.807, 2.05) is 26.8 Å². The van der Waals surface area contributed by atoms with Crippen LogP contribution >= 0.6 is 0 Å². The van der Waals surface area contributed by atoms with E-state index in [2.05, 4.69) is 0 Å². The van der Waals surface area contributed by atoms with Gasteiger partial charge in [-0.3, -0.25) is 4.79 Å². The summed E-state index contributed by atoms with van der Waals surface area (Å²) in [6, 6.07) is 0. The van der Waals surface area contributed by atoms with Gasteiger partial charge in [-0.15, -0.1) is 0 Å². The summed E-state index contributed by atoms with van der Waals surface area (Å²) in [7, 11) is 1.67. The minimum atomic E-state index is -0.185. The lowest BCUT2D eigenvalue weighted by atomic mass is 10.0. The van der Waals surface area contributed by atoms with Gasteiger partial charge >= 0.3 is 0 Å². The van der Waals surface area contributed by atoms with Crippen LogP contribution in [0, 0.1) is 0 Å². The van der Waals surface area contributed by atoms with Crippen LogP contribution in [0.5, 0.6) is 0 Å². The summed E-state index contributed by atoms with van der Waals surface area (Å²) in [5, 5.41) is 0. The number of rotatable bonds is 6. The second kappa shape index (κ2) is 5.92. The topological polar surface area (TPSA) is 26.3 Å². The molecule has 0 saturated carbocycles. The fourth-order valence-corrected chi connectivity index (χ4v) is 0.859. The molecule has 0 aromatic rings. The van der Waals surface area contributed by atoms with Gasteiger partial charge in [0, 0.05) is 13.5 Å². The molecule has 0 heterocycles. The highest BCUT2D eigenvalue weighted by molar-refractivity contribution is 5.89. The van der Waals surface area contributed by atoms with Gasteiger partial charge in [-0.25, -0.2) is 0 Å². The molecule has 0 unspecified atom stereocenters. The first kappa shape index (κ1) is 12.4. The molecule has 0 aromatic carbocycles. The fraction of sp³-hybridized carbons (Fsp3) is 0.727. The largest absolute Gasteiger partial charge is 0.379 e. The van der Waals surface area contributed by atoms with Crippen molar-refractivity contribution in [3.05, 3.63) is 12.2 Å². The third-order valence-electron chi connectivity index (χ3n) is 2.07. The molecule has 0 radical (unpaired) electrons. The second-order valence-electron chi connectivity index (χ2n) is 3.74. The van der Waals surface area contributed by atoms with Crippen LogP contribution in [0.2, 0.25) is 0 Å². The van der Waals surface area contributed by atoms with Crippen LogP contribution in [-0.4, -0.2) is 18.5 Å². The monoisotopic (exact) mass is 184 g/mol. The molecule has 0 aromatic heterocycles. The molecule has 0 rings (SSSR count). The van der Waals surface area contributed by atoms with E-state index >= 15 is 0 Å². The first-order valence-electron chi connectivity index (χ1n) is 4.76. The highest BCUT2D eigenvalue weighted by Gasteiger charge is 2.16. The van der Waals surface area contributed by atoms with Crippen LogP contribution in [0.3, 0.4) is 0 Å². The Morgan fingerprint density at radius 3 is 2.54 bits per heavy atom. The molecule has 0 aliphatic carbocycles. The van der Waals surface area contributed by atoms with Crippen molar-refractivity contribution in [3.8, 4) is 0 Å². The lowest BCUT2D eigenvalue weighted by molar-refractivity contribution is -0.116. The predicted octanol–water partition coefficient (Wildman–Crippen LogP) is 2.73. The van der Waals surface area contributed by atoms with E-state index in [0.717, 1.165) is 12.8 Å². The Kier molecular flexibility index (Phi) is 5.63. The highest BCUT2D eigenvalue weighted by atomic mass is 16.5. The second-order valence-corrected chi connectivity index (χ2v) is 3.74. The molecular formula is C11H20O2. The zero-order valence-electron chi connectivity index (χ0n) is 9.09. The van der Waals surface area contributed by atoms with Gasteiger partial charge in [0.25, 0.3) is 0 Å². The van der Waals surface area contributed by atoms with Gasteiger partial charge in [0.05, 0.1) is 5.60 Å². The predicted molar refractivity (Wildman–Crippen MR) is 54.8 cm³/mol. The molecule has 13 heavy (non-hydrogen) atoms. The van der Waals surface area contributed by atoms with Crippen molar-refractivity contribution >= 4 is 5.78 Å². The summed E-state index contributed by atoms with van der Waals surface area (Å²) in [5.74, 6) is 0.187. The molecule has 2 heteroatoms. The van der Waals surface area contributed by atoms with E-state index in [1.165, 1.54) is 0 Å². The Bertz CT molecular complexity index is 181. The Morgan fingerprint density at radius 1 is 1.46 bits per heavy atom. The van der Waals surface area contributed by atoms with Crippen molar-refractivity contribution in [2.45, 2.75) is 45.6 Å². The minimum Gasteiger partial charge on any atom is -0.379 e. The van der Waals surface area contributed by atoms with E-state index in [0.29, 0.717) is 6.42 Å². The van der Waals surface area contributed by atoms with E-state index in [9.17, 15) is 4.79 Å². The molecule has 0 amide bonds. The van der Waals surface area contributed by atoms with Gasteiger partial charge in [0.1, 0.15) is 0 Å². The van der Waals surface area contributed by atoms with Crippen molar-refractivity contribution in [2.75, 3.05) is 7.11 Å². The zero-order chi connectivity index (χ0) is 10.3. The van der Waals surface area contributed by atoms with Gasteiger partial charge in [-0.2, -0.15) is 0 Å². The first-order chi connectivity index (χ1) is 6.02. The maximum Gasteiger partial charge on any atom is 0.155 e. The van der Waals surface area contributed by atoms with Crippen LogP contribution in [-0.2, 0) is 9.53 Å². The number of ketones is 1. The molecule has 0 bridgehead atoms. The lowest BCUT2D eigenvalue weighted by Crippen LogP contribution is -2.23. The molecule has 0 saturated heterocycles. The molecule has 76 valence electrons. The van der Waals surface area contributed by atoms with Crippen molar-refractivity contribution < 1.29 is 9.53 Å². The number of hydrogen-bond acceptors (Lipinski definition) is 2. The van der Waals surface area contributed by atoms with Crippen molar-refractivity contribution in [1.82, 2.24) is 0 Å². The van der Waals surface area contributed by atoms with E-state index < -0.39 is 0 Å². The minimum absolute atomic E-state index is 0.185. The summed E-state index contributed by atoms with van der Waals surface area (Å²) in [6.45, 7) is 6.00. The number of carbonyl (C=O) groups excluding carboxylic acids is 1. The van der Waals surface area contributed by atoms with Crippen LogP contribution < -0.4 is 0 Å². The Balaban J connectivity index is 3.76. The number of methoxy groups -OCH3 is 1. The fourth-order valence-electron chi connectivity index (χ4n) is 0.859. The Hall–Kier alpha value is -0.630. The number of hydrogen-bond donors (Lipinski definition) is 0. The normalized spacial score (nSPS) is 12.3. The third kappa shape index (κ3) is 6.52. The van der Waals surface area contributed by atoms with Gasteiger partial charge in [0.2, 0.25) is 0 Å². The SMILES string of the molecule is CC/C=C/C(=O)CCC(C)(C)OC. The molecule has 0 atom stereocenters. The van der Waals surface area contributed by atoms with E-state index in [4.69, 9.17) is 4.74 Å². The van der Waals surface area contributed by atoms with Crippen molar-refractivity contribution in [2.24, 2.45) is 0 Å². The summed E-state index contributed by atoms with van der Waals surface area (Å²) >= 11 is 0. The van der Waals surface area contributed by atoms with Gasteiger partial charge in [0.15, 0.2) is 5.78 Å². The van der Waals surface area contributed by atoms with E-state index in [1.54, 1.807) is 13.2 Å². The summed E-state index contributed by atoms with van der Waals surface area (Å²) < 4.78 is 5.22. The molecule has 0 fully saturated rings. The molecule has 0 N–H and O–H groups in total. The molecular weight excluding hydrogens is 164 g/mol. The van der Waals surface area contributed by atoms with Crippen LogP contribution in [0.15, 0.2) is 12.2 Å². The molecule has 0 spiro atoms. The number of ether oxygens (including phenoxy) is 1.